The lowest BCUT2D eigenvalue weighted by Crippen LogP contribution is -2.11. The first kappa shape index (κ1) is 14.1. The highest BCUT2D eigenvalue weighted by Gasteiger charge is 2.22. The van der Waals surface area contributed by atoms with Crippen molar-refractivity contribution in [3.05, 3.63) is 51.5 Å². The largest absolute Gasteiger partial charge is 0.382 e. The van der Waals surface area contributed by atoms with Crippen LogP contribution < -0.4 is 0 Å². The van der Waals surface area contributed by atoms with E-state index in [1.54, 1.807) is 5.38 Å². The van der Waals surface area contributed by atoms with Crippen LogP contribution in [-0.4, -0.2) is 10.1 Å². The molecule has 1 aromatic heterocycles. The number of halogens is 2. The fourth-order valence-corrected chi connectivity index (χ4v) is 2.56. The minimum atomic E-state index is -1.17. The lowest BCUT2D eigenvalue weighted by Gasteiger charge is -2.14. The van der Waals surface area contributed by atoms with Crippen molar-refractivity contribution in [2.45, 2.75) is 32.3 Å². The molecule has 0 aliphatic heterocycles. The van der Waals surface area contributed by atoms with Gasteiger partial charge < -0.3 is 5.11 Å². The van der Waals surface area contributed by atoms with Gasteiger partial charge in [-0.05, 0) is 6.07 Å². The summed E-state index contributed by atoms with van der Waals surface area (Å²) in [5.74, 6) is -1.43. The molecule has 1 unspecified atom stereocenters. The Labute approximate surface area is 114 Å². The third kappa shape index (κ3) is 2.98. The van der Waals surface area contributed by atoms with Crippen LogP contribution in [0, 0.1) is 11.6 Å². The van der Waals surface area contributed by atoms with Crippen molar-refractivity contribution < 1.29 is 13.9 Å². The molecule has 0 aliphatic rings. The molecule has 2 nitrogen and oxygen atoms in total. The SMILES string of the molecule is CC(C)(C)c1nc(C(O)c2ccc(F)cc2F)cs1. The lowest BCUT2D eigenvalue weighted by molar-refractivity contribution is 0.210. The number of aliphatic hydroxyl groups excluding tert-OH is 1. The highest BCUT2D eigenvalue weighted by Crippen LogP contribution is 2.30. The molecular formula is C14H15F2NOS. The van der Waals surface area contributed by atoms with Crippen molar-refractivity contribution in [1.82, 2.24) is 4.98 Å². The van der Waals surface area contributed by atoms with Gasteiger partial charge in [0.2, 0.25) is 0 Å². The van der Waals surface area contributed by atoms with Gasteiger partial charge in [0.1, 0.15) is 17.7 Å². The van der Waals surface area contributed by atoms with E-state index in [2.05, 4.69) is 4.98 Å². The number of thiazole rings is 1. The molecule has 102 valence electrons. The van der Waals surface area contributed by atoms with E-state index in [-0.39, 0.29) is 11.0 Å². The maximum atomic E-state index is 13.6. The second kappa shape index (κ2) is 4.98. The van der Waals surface area contributed by atoms with E-state index in [0.717, 1.165) is 17.1 Å². The summed E-state index contributed by atoms with van der Waals surface area (Å²) in [5, 5.41) is 12.7. The second-order valence-corrected chi connectivity index (χ2v) is 6.25. The summed E-state index contributed by atoms with van der Waals surface area (Å²) in [6.45, 7) is 6.04. The molecule has 1 aromatic carbocycles. The van der Waals surface area contributed by atoms with E-state index in [4.69, 9.17) is 0 Å². The molecule has 0 aliphatic carbocycles. The molecule has 0 saturated carbocycles. The van der Waals surface area contributed by atoms with Crippen LogP contribution in [0.15, 0.2) is 23.6 Å². The first-order chi connectivity index (χ1) is 8.79. The van der Waals surface area contributed by atoms with Crippen LogP contribution >= 0.6 is 11.3 Å². The van der Waals surface area contributed by atoms with E-state index < -0.39 is 17.7 Å². The van der Waals surface area contributed by atoms with Crippen LogP contribution in [0.3, 0.4) is 0 Å². The number of rotatable bonds is 2. The zero-order valence-corrected chi connectivity index (χ0v) is 11.8. The van der Waals surface area contributed by atoms with Crippen molar-refractivity contribution in [2.24, 2.45) is 0 Å². The number of aliphatic hydroxyl groups is 1. The highest BCUT2D eigenvalue weighted by molar-refractivity contribution is 7.09. The predicted molar refractivity (Wildman–Crippen MR) is 71.2 cm³/mol. The molecule has 0 radical (unpaired) electrons. The molecule has 2 rings (SSSR count). The summed E-state index contributed by atoms with van der Waals surface area (Å²) < 4.78 is 26.4. The van der Waals surface area contributed by atoms with Gasteiger partial charge in [0.15, 0.2) is 0 Å². The summed E-state index contributed by atoms with van der Waals surface area (Å²) in [5.41, 5.74) is 0.303. The number of aromatic nitrogens is 1. The number of hydrogen-bond acceptors (Lipinski definition) is 3. The summed E-state index contributed by atoms with van der Waals surface area (Å²) in [6, 6.07) is 3.12. The fraction of sp³-hybridized carbons (Fsp3) is 0.357. The Kier molecular flexibility index (Phi) is 3.69. The quantitative estimate of drug-likeness (QED) is 0.909. The number of hydrogen-bond donors (Lipinski definition) is 1. The Morgan fingerprint density at radius 2 is 1.95 bits per heavy atom. The van der Waals surface area contributed by atoms with E-state index in [9.17, 15) is 13.9 Å². The molecule has 2 aromatic rings. The maximum Gasteiger partial charge on any atom is 0.132 e. The molecule has 19 heavy (non-hydrogen) atoms. The first-order valence-corrected chi connectivity index (χ1v) is 6.76. The topological polar surface area (TPSA) is 33.1 Å². The molecule has 0 fully saturated rings. The summed E-state index contributed by atoms with van der Waals surface area (Å²) in [4.78, 5) is 4.33. The normalized spacial score (nSPS) is 13.6. The van der Waals surface area contributed by atoms with Crippen molar-refractivity contribution in [2.75, 3.05) is 0 Å². The van der Waals surface area contributed by atoms with Crippen molar-refractivity contribution >= 4 is 11.3 Å². The highest BCUT2D eigenvalue weighted by atomic mass is 32.1. The van der Waals surface area contributed by atoms with Gasteiger partial charge >= 0.3 is 0 Å². The Morgan fingerprint density at radius 1 is 1.26 bits per heavy atom. The Morgan fingerprint density at radius 3 is 2.47 bits per heavy atom. The van der Waals surface area contributed by atoms with Crippen molar-refractivity contribution in [1.29, 1.82) is 0 Å². The van der Waals surface area contributed by atoms with E-state index in [1.165, 1.54) is 17.4 Å². The van der Waals surface area contributed by atoms with Crippen LogP contribution in [-0.2, 0) is 5.41 Å². The summed E-state index contributed by atoms with van der Waals surface area (Å²) >= 11 is 1.42. The van der Waals surface area contributed by atoms with Crippen LogP contribution in [0.1, 0.15) is 43.1 Å². The maximum absolute atomic E-state index is 13.6. The Balaban J connectivity index is 2.34. The van der Waals surface area contributed by atoms with Gasteiger partial charge in [0.05, 0.1) is 10.7 Å². The summed E-state index contributed by atoms with van der Waals surface area (Å²) in [6.07, 6.45) is -1.17. The third-order valence-electron chi connectivity index (χ3n) is 2.70. The summed E-state index contributed by atoms with van der Waals surface area (Å²) in [7, 11) is 0. The molecule has 1 atom stereocenters. The smallest absolute Gasteiger partial charge is 0.132 e. The van der Waals surface area contributed by atoms with Crippen LogP contribution in [0.2, 0.25) is 0 Å². The Hall–Kier alpha value is -1.33. The van der Waals surface area contributed by atoms with Gasteiger partial charge in [-0.15, -0.1) is 11.3 Å². The van der Waals surface area contributed by atoms with Crippen LogP contribution in [0.4, 0.5) is 8.78 Å². The van der Waals surface area contributed by atoms with Gasteiger partial charge in [-0.1, -0.05) is 26.8 Å². The van der Waals surface area contributed by atoms with Crippen LogP contribution in [0.25, 0.3) is 0 Å². The van der Waals surface area contributed by atoms with E-state index >= 15 is 0 Å². The van der Waals surface area contributed by atoms with Gasteiger partial charge in [0.25, 0.3) is 0 Å². The van der Waals surface area contributed by atoms with Gasteiger partial charge in [-0.3, -0.25) is 0 Å². The second-order valence-electron chi connectivity index (χ2n) is 5.40. The van der Waals surface area contributed by atoms with Crippen LogP contribution in [0.5, 0.6) is 0 Å². The Bertz CT molecular complexity index is 589. The average molecular weight is 283 g/mol. The minimum absolute atomic E-state index is 0.0344. The lowest BCUT2D eigenvalue weighted by atomic mass is 9.98. The molecule has 0 amide bonds. The zero-order chi connectivity index (χ0) is 14.2. The molecule has 0 spiro atoms. The molecule has 1 N–H and O–H groups in total. The van der Waals surface area contributed by atoms with Gasteiger partial charge in [-0.2, -0.15) is 0 Å². The predicted octanol–water partition coefficient (Wildman–Crippen LogP) is 3.80. The van der Waals surface area contributed by atoms with Gasteiger partial charge in [0, 0.05) is 22.4 Å². The molecule has 5 heteroatoms. The zero-order valence-electron chi connectivity index (χ0n) is 10.9. The first-order valence-electron chi connectivity index (χ1n) is 5.88. The standard InChI is InChI=1S/C14H15F2NOS/c1-14(2,3)13-17-11(7-19-13)12(18)9-5-4-8(15)6-10(9)16/h4-7,12,18H,1-3H3. The average Bonchev–Trinajstić information content (AvgIpc) is 2.76. The minimum Gasteiger partial charge on any atom is -0.382 e. The molecular weight excluding hydrogens is 268 g/mol. The molecule has 1 heterocycles. The molecule has 0 bridgehead atoms. The molecule has 0 saturated heterocycles. The van der Waals surface area contributed by atoms with E-state index in [0.29, 0.717) is 5.69 Å². The fourth-order valence-electron chi connectivity index (χ4n) is 1.64. The number of benzene rings is 1. The third-order valence-corrected chi connectivity index (χ3v) is 3.99. The van der Waals surface area contributed by atoms with Gasteiger partial charge in [-0.25, -0.2) is 13.8 Å². The number of nitrogens with zero attached hydrogens (tertiary/aromatic N) is 1. The monoisotopic (exact) mass is 283 g/mol. The van der Waals surface area contributed by atoms with Crippen molar-refractivity contribution in [3.63, 3.8) is 0 Å². The van der Waals surface area contributed by atoms with E-state index in [1.807, 2.05) is 20.8 Å². The van der Waals surface area contributed by atoms with Crippen molar-refractivity contribution in [3.8, 4) is 0 Å².